The molecule has 2 heterocycles. The van der Waals surface area contributed by atoms with Crippen molar-refractivity contribution in [3.8, 4) is 56.4 Å². The molecule has 0 aliphatic carbocycles. The molecule has 0 aliphatic heterocycles. The fraction of sp³-hybridized carbons (Fsp3) is 0.552. The van der Waals surface area contributed by atoms with Crippen molar-refractivity contribution in [3.05, 3.63) is 80.5 Å². The maximum absolute atomic E-state index is 12.2. The number of aldehydes is 2. The van der Waals surface area contributed by atoms with Gasteiger partial charge in [0.05, 0.1) is 58.4 Å². The first kappa shape index (κ1) is 54.1. The minimum atomic E-state index is 0.492. The molecule has 4 rings (SSSR count). The van der Waals surface area contributed by atoms with Crippen LogP contribution in [0, 0.1) is 23.7 Å². The monoisotopic (exact) mass is 935 g/mol. The van der Waals surface area contributed by atoms with Gasteiger partial charge in [-0.2, -0.15) is 0 Å². The quantitative estimate of drug-likeness (QED) is 0.0260. The largest absolute Gasteiger partial charge is 0.493 e. The van der Waals surface area contributed by atoms with Crippen molar-refractivity contribution < 1.29 is 28.5 Å². The molecule has 2 aromatic heterocycles. The Hall–Kier alpha value is -4.50. The average molecular weight is 935 g/mol. The van der Waals surface area contributed by atoms with Gasteiger partial charge in [-0.15, -0.1) is 22.7 Å². The van der Waals surface area contributed by atoms with Gasteiger partial charge in [-0.05, 0) is 62.1 Å². The van der Waals surface area contributed by atoms with Crippen LogP contribution in [0.4, 0.5) is 0 Å². The maximum atomic E-state index is 12.2. The molecular weight excluding hydrogens is 857 g/mol. The molecule has 0 amide bonds. The van der Waals surface area contributed by atoms with Gasteiger partial charge in [0.15, 0.2) is 12.6 Å². The number of carbonyl (C=O) groups is 2. The average Bonchev–Trinajstić information content (AvgIpc) is 4.02. The molecule has 0 saturated heterocycles. The Kier molecular flexibility index (Phi) is 27.8. The molecule has 0 radical (unpaired) electrons. The minimum absolute atomic E-state index is 0.492. The maximum Gasteiger partial charge on any atom is 0.153 e. The zero-order valence-corrected chi connectivity index (χ0v) is 42.5. The fourth-order valence-electron chi connectivity index (χ4n) is 7.61. The Morgan fingerprint density at radius 1 is 0.379 bits per heavy atom. The second kappa shape index (κ2) is 33.9. The van der Waals surface area contributed by atoms with E-state index in [1.807, 2.05) is 12.1 Å². The highest BCUT2D eigenvalue weighted by atomic mass is 32.1. The molecule has 0 bridgehead atoms. The first-order chi connectivity index (χ1) is 32.5. The molecule has 66 heavy (non-hydrogen) atoms. The van der Waals surface area contributed by atoms with Crippen molar-refractivity contribution in [1.29, 1.82) is 0 Å². The molecule has 2 aromatic carbocycles. The Bertz CT molecular complexity index is 1960. The van der Waals surface area contributed by atoms with E-state index in [2.05, 4.69) is 75.6 Å². The third-order valence-corrected chi connectivity index (χ3v) is 13.8. The van der Waals surface area contributed by atoms with Crippen molar-refractivity contribution in [2.45, 2.75) is 182 Å². The number of carbonyl (C=O) groups excluding carboxylic acids is 2. The molecule has 6 nitrogen and oxygen atoms in total. The van der Waals surface area contributed by atoms with Crippen LogP contribution in [0.25, 0.3) is 9.75 Å². The third kappa shape index (κ3) is 20.6. The van der Waals surface area contributed by atoms with E-state index in [-0.39, 0.29) is 0 Å². The van der Waals surface area contributed by atoms with Gasteiger partial charge < -0.3 is 18.9 Å². The van der Waals surface area contributed by atoms with Crippen LogP contribution in [0.3, 0.4) is 0 Å². The molecule has 0 unspecified atom stereocenters. The minimum Gasteiger partial charge on any atom is -0.493 e. The summed E-state index contributed by atoms with van der Waals surface area (Å²) in [5.74, 6) is 15.9. The molecule has 0 atom stereocenters. The zero-order valence-electron chi connectivity index (χ0n) is 40.8. The lowest BCUT2D eigenvalue weighted by Crippen LogP contribution is -2.04. The molecule has 0 N–H and O–H groups in total. The fourth-order valence-corrected chi connectivity index (χ4v) is 9.42. The highest BCUT2D eigenvalue weighted by Crippen LogP contribution is 2.35. The van der Waals surface area contributed by atoms with Crippen molar-refractivity contribution in [2.75, 3.05) is 26.4 Å². The molecular formula is C58H78O6S2. The van der Waals surface area contributed by atoms with Gasteiger partial charge in [0, 0.05) is 21.9 Å². The lowest BCUT2D eigenvalue weighted by atomic mass is 10.1. The van der Waals surface area contributed by atoms with Crippen LogP contribution in [-0.4, -0.2) is 39.0 Å². The first-order valence-corrected chi connectivity index (χ1v) is 27.2. The van der Waals surface area contributed by atoms with Crippen molar-refractivity contribution in [1.82, 2.24) is 0 Å². The van der Waals surface area contributed by atoms with Crippen LogP contribution in [-0.2, 0) is 0 Å². The summed E-state index contributed by atoms with van der Waals surface area (Å²) in [6.45, 7) is 11.2. The van der Waals surface area contributed by atoms with Crippen molar-refractivity contribution >= 4 is 35.2 Å². The van der Waals surface area contributed by atoms with Gasteiger partial charge in [0.2, 0.25) is 0 Å². The number of hydrogen-bond donors (Lipinski definition) is 0. The van der Waals surface area contributed by atoms with Crippen molar-refractivity contribution in [3.63, 3.8) is 0 Å². The lowest BCUT2D eigenvalue weighted by molar-refractivity contribution is 0.111. The van der Waals surface area contributed by atoms with E-state index < -0.39 is 0 Å². The smallest absolute Gasteiger partial charge is 0.153 e. The number of benzene rings is 2. The number of thiophene rings is 2. The first-order valence-electron chi connectivity index (χ1n) is 25.5. The Balaban J connectivity index is 1.50. The summed E-state index contributed by atoms with van der Waals surface area (Å²) in [5.41, 5.74) is 2.43. The van der Waals surface area contributed by atoms with Gasteiger partial charge >= 0.3 is 0 Å². The van der Waals surface area contributed by atoms with Gasteiger partial charge in [-0.1, -0.05) is 180 Å². The van der Waals surface area contributed by atoms with Gasteiger partial charge in [-0.25, -0.2) is 0 Å². The molecule has 0 aliphatic rings. The van der Waals surface area contributed by atoms with Crippen LogP contribution >= 0.6 is 22.7 Å². The molecule has 4 aromatic rings. The zero-order chi connectivity index (χ0) is 46.9. The van der Waals surface area contributed by atoms with E-state index in [9.17, 15) is 9.59 Å². The van der Waals surface area contributed by atoms with E-state index in [0.717, 1.165) is 94.6 Å². The second-order valence-electron chi connectivity index (χ2n) is 17.3. The highest BCUT2D eigenvalue weighted by Gasteiger charge is 2.14. The molecule has 8 heteroatoms. The van der Waals surface area contributed by atoms with E-state index in [4.69, 9.17) is 18.9 Å². The van der Waals surface area contributed by atoms with E-state index >= 15 is 0 Å². The van der Waals surface area contributed by atoms with Crippen LogP contribution in [0.1, 0.15) is 223 Å². The van der Waals surface area contributed by atoms with Crippen LogP contribution < -0.4 is 18.9 Å². The second-order valence-corrected chi connectivity index (χ2v) is 19.5. The summed E-state index contributed by atoms with van der Waals surface area (Å²) in [4.78, 5) is 28.5. The van der Waals surface area contributed by atoms with E-state index in [0.29, 0.717) is 60.6 Å². The summed E-state index contributed by atoms with van der Waals surface area (Å²) in [6, 6.07) is 15.7. The van der Waals surface area contributed by atoms with Crippen molar-refractivity contribution in [2.24, 2.45) is 0 Å². The summed E-state index contributed by atoms with van der Waals surface area (Å²) in [6.07, 6.45) is 29.8. The van der Waals surface area contributed by atoms with Crippen LogP contribution in [0.5, 0.6) is 23.0 Å². The summed E-state index contributed by atoms with van der Waals surface area (Å²) in [7, 11) is 0. The normalized spacial score (nSPS) is 10.8. The highest BCUT2D eigenvalue weighted by molar-refractivity contribution is 7.22. The van der Waals surface area contributed by atoms with Gasteiger partial charge in [-0.3, -0.25) is 9.59 Å². The Morgan fingerprint density at radius 3 is 1.00 bits per heavy atom. The number of rotatable bonds is 35. The summed E-state index contributed by atoms with van der Waals surface area (Å²) < 4.78 is 24.9. The SMILES string of the molecule is CCCCCCCCOc1cc(C=O)c(OCCCCCCCC)cc1C#Cc1ccc(-c2ccc(C#Cc3cc(OCCCCCCCC)c(C=O)cc3OCCCCCCCC)s2)s1. The number of hydrogen-bond acceptors (Lipinski definition) is 8. The van der Waals surface area contributed by atoms with Gasteiger partial charge in [0.1, 0.15) is 23.0 Å². The number of ether oxygens (including phenoxy) is 4. The van der Waals surface area contributed by atoms with Crippen LogP contribution in [0.2, 0.25) is 0 Å². The van der Waals surface area contributed by atoms with Gasteiger partial charge in [0.25, 0.3) is 0 Å². The predicted octanol–water partition coefficient (Wildman–Crippen LogP) is 16.9. The standard InChI is InChI=1S/C58H78O6S2/c1-5-9-13-17-21-25-37-61-53-43-49(45-59)55(63-39-27-23-19-15-11-7-3)41-47(53)29-31-51-33-35-57(65-51)58-36-34-52(66-58)32-30-48-42-56(64-40-28-24-20-16-12-8-4)50(46-60)44-54(48)62-38-26-22-18-14-10-6-2/h33-36,41-46H,5-28,37-40H2,1-4H3. The van der Waals surface area contributed by atoms with E-state index in [1.165, 1.54) is 103 Å². The molecule has 0 spiro atoms. The van der Waals surface area contributed by atoms with Crippen LogP contribution in [0.15, 0.2) is 48.5 Å². The summed E-state index contributed by atoms with van der Waals surface area (Å²) >= 11 is 3.28. The Labute approximate surface area is 407 Å². The molecule has 0 saturated carbocycles. The predicted molar refractivity (Wildman–Crippen MR) is 279 cm³/mol. The Morgan fingerprint density at radius 2 is 0.682 bits per heavy atom. The third-order valence-electron chi connectivity index (χ3n) is 11.6. The topological polar surface area (TPSA) is 71.1 Å². The lowest BCUT2D eigenvalue weighted by Gasteiger charge is -2.13. The molecule has 0 fully saturated rings. The summed E-state index contributed by atoms with van der Waals surface area (Å²) in [5, 5.41) is 0. The molecule has 358 valence electrons. The van der Waals surface area contributed by atoms with E-state index in [1.54, 1.807) is 34.8 Å². The number of unbranched alkanes of at least 4 members (excludes halogenated alkanes) is 20.